The zero-order valence-corrected chi connectivity index (χ0v) is 19.4. The highest BCUT2D eigenvalue weighted by Gasteiger charge is 2.49. The Labute approximate surface area is 159 Å². The van der Waals surface area contributed by atoms with Crippen molar-refractivity contribution in [1.29, 1.82) is 0 Å². The minimum absolute atomic E-state index is 0.333. The first-order chi connectivity index (χ1) is 12.0. The molecule has 0 fully saturated rings. The van der Waals surface area contributed by atoms with Crippen molar-refractivity contribution in [2.45, 2.75) is 97.9 Å². The van der Waals surface area contributed by atoms with Crippen LogP contribution in [-0.2, 0) is 13.3 Å². The van der Waals surface area contributed by atoms with Crippen LogP contribution in [0.15, 0.2) is 0 Å². The third-order valence-electron chi connectivity index (χ3n) is 6.32. The van der Waals surface area contributed by atoms with E-state index in [1.165, 1.54) is 57.8 Å². The molecule has 0 radical (unpaired) electrons. The maximum atomic E-state index is 5.84. The highest BCUT2D eigenvalue weighted by Crippen LogP contribution is 2.43. The molecule has 0 rings (SSSR count). The standard InChI is InChI=1S/C21H46O3Si/c1-9-12-14-16-20(11-3)18(4)21(17-15-13-10-2)19(5)25(22-6,23-7)24-8/h18-21H,9-17H2,1-8H3. The lowest BCUT2D eigenvalue weighted by Gasteiger charge is -2.40. The third kappa shape index (κ3) is 7.70. The van der Waals surface area contributed by atoms with Crippen molar-refractivity contribution >= 4 is 8.80 Å². The van der Waals surface area contributed by atoms with Crippen LogP contribution in [0.5, 0.6) is 0 Å². The van der Waals surface area contributed by atoms with Crippen LogP contribution in [-0.4, -0.2) is 30.1 Å². The predicted molar refractivity (Wildman–Crippen MR) is 111 cm³/mol. The summed E-state index contributed by atoms with van der Waals surface area (Å²) in [6.07, 6.45) is 11.8. The van der Waals surface area contributed by atoms with Crippen LogP contribution in [0.3, 0.4) is 0 Å². The van der Waals surface area contributed by atoms with Gasteiger partial charge in [0.1, 0.15) is 0 Å². The van der Waals surface area contributed by atoms with E-state index in [1.54, 1.807) is 21.3 Å². The molecular formula is C21H46O3Si. The lowest BCUT2D eigenvalue weighted by molar-refractivity contribution is 0.0870. The predicted octanol–water partition coefficient (Wildman–Crippen LogP) is 6.69. The summed E-state index contributed by atoms with van der Waals surface area (Å²) in [4.78, 5) is 0. The Morgan fingerprint density at radius 2 is 1.20 bits per heavy atom. The summed E-state index contributed by atoms with van der Waals surface area (Å²) < 4.78 is 17.5. The Morgan fingerprint density at radius 3 is 1.60 bits per heavy atom. The molecule has 0 saturated carbocycles. The molecule has 0 aromatic heterocycles. The van der Waals surface area contributed by atoms with Gasteiger partial charge in [-0.25, -0.2) is 0 Å². The molecule has 0 bridgehead atoms. The second kappa shape index (κ2) is 14.2. The van der Waals surface area contributed by atoms with E-state index in [2.05, 4.69) is 34.6 Å². The second-order valence-electron chi connectivity index (χ2n) is 7.69. The summed E-state index contributed by atoms with van der Waals surface area (Å²) in [6.45, 7) is 11.7. The van der Waals surface area contributed by atoms with Crippen LogP contribution >= 0.6 is 0 Å². The molecule has 152 valence electrons. The SMILES string of the molecule is CCCCCC(CC)C(C)C(CCCCC)C(C)[Si](OC)(OC)OC. The maximum Gasteiger partial charge on any atom is 0.503 e. The average molecular weight is 375 g/mol. The van der Waals surface area contributed by atoms with Crippen LogP contribution in [0.25, 0.3) is 0 Å². The molecule has 4 atom stereocenters. The minimum atomic E-state index is -2.60. The van der Waals surface area contributed by atoms with Gasteiger partial charge in [-0.3, -0.25) is 0 Å². The Kier molecular flexibility index (Phi) is 14.2. The summed E-state index contributed by atoms with van der Waals surface area (Å²) in [5, 5.41) is 0. The molecule has 0 spiro atoms. The zero-order valence-electron chi connectivity index (χ0n) is 18.4. The quantitative estimate of drug-likeness (QED) is 0.222. The first kappa shape index (κ1) is 25.1. The Bertz CT molecular complexity index is 299. The molecule has 3 nitrogen and oxygen atoms in total. The molecule has 0 aliphatic rings. The fourth-order valence-corrected chi connectivity index (χ4v) is 7.12. The molecule has 4 unspecified atom stereocenters. The summed E-state index contributed by atoms with van der Waals surface area (Å²) >= 11 is 0. The van der Waals surface area contributed by atoms with Gasteiger partial charge in [-0.15, -0.1) is 0 Å². The summed E-state index contributed by atoms with van der Waals surface area (Å²) in [7, 11) is 2.65. The average Bonchev–Trinajstić information content (AvgIpc) is 2.64. The minimum Gasteiger partial charge on any atom is -0.377 e. The fourth-order valence-electron chi connectivity index (χ4n) is 4.51. The van der Waals surface area contributed by atoms with E-state index in [0.29, 0.717) is 17.4 Å². The van der Waals surface area contributed by atoms with Gasteiger partial charge in [-0.05, 0) is 24.2 Å². The van der Waals surface area contributed by atoms with Gasteiger partial charge in [0.25, 0.3) is 0 Å². The number of rotatable bonds is 16. The van der Waals surface area contributed by atoms with Crippen molar-refractivity contribution in [2.75, 3.05) is 21.3 Å². The highest BCUT2D eigenvalue weighted by atomic mass is 28.4. The van der Waals surface area contributed by atoms with Gasteiger partial charge in [0, 0.05) is 26.9 Å². The van der Waals surface area contributed by atoms with Crippen molar-refractivity contribution in [1.82, 2.24) is 0 Å². The Hall–Kier alpha value is 0.0969. The van der Waals surface area contributed by atoms with Crippen LogP contribution in [0.1, 0.15) is 92.4 Å². The van der Waals surface area contributed by atoms with Gasteiger partial charge < -0.3 is 13.3 Å². The number of unbranched alkanes of at least 4 members (excludes halogenated alkanes) is 4. The third-order valence-corrected chi connectivity index (χ3v) is 9.57. The van der Waals surface area contributed by atoms with E-state index >= 15 is 0 Å². The smallest absolute Gasteiger partial charge is 0.377 e. The normalized spacial score (nSPS) is 17.3. The van der Waals surface area contributed by atoms with E-state index < -0.39 is 8.80 Å². The molecule has 0 heterocycles. The largest absolute Gasteiger partial charge is 0.503 e. The maximum absolute atomic E-state index is 5.84. The van der Waals surface area contributed by atoms with Gasteiger partial charge in [0.15, 0.2) is 0 Å². The van der Waals surface area contributed by atoms with E-state index in [0.717, 1.165) is 5.92 Å². The molecule has 4 heteroatoms. The van der Waals surface area contributed by atoms with Crippen LogP contribution in [0.2, 0.25) is 5.54 Å². The molecule has 0 aromatic rings. The van der Waals surface area contributed by atoms with Crippen molar-refractivity contribution in [3.63, 3.8) is 0 Å². The summed E-state index contributed by atoms with van der Waals surface area (Å²) in [6, 6.07) is 0. The molecule has 0 amide bonds. The van der Waals surface area contributed by atoms with E-state index in [-0.39, 0.29) is 0 Å². The van der Waals surface area contributed by atoms with Crippen molar-refractivity contribution in [2.24, 2.45) is 17.8 Å². The van der Waals surface area contributed by atoms with Gasteiger partial charge in [-0.1, -0.05) is 86.0 Å². The molecule has 0 aliphatic carbocycles. The Morgan fingerprint density at radius 1 is 0.720 bits per heavy atom. The van der Waals surface area contributed by atoms with E-state index in [1.807, 2.05) is 0 Å². The highest BCUT2D eigenvalue weighted by molar-refractivity contribution is 6.62. The first-order valence-electron chi connectivity index (χ1n) is 10.6. The molecule has 0 saturated heterocycles. The van der Waals surface area contributed by atoms with Crippen molar-refractivity contribution < 1.29 is 13.3 Å². The van der Waals surface area contributed by atoms with E-state index in [4.69, 9.17) is 13.3 Å². The zero-order chi connectivity index (χ0) is 19.3. The van der Waals surface area contributed by atoms with Crippen molar-refractivity contribution in [3.05, 3.63) is 0 Å². The molecule has 25 heavy (non-hydrogen) atoms. The monoisotopic (exact) mass is 374 g/mol. The lowest BCUT2D eigenvalue weighted by atomic mass is 9.75. The summed E-state index contributed by atoms with van der Waals surface area (Å²) in [5.74, 6) is 2.07. The fraction of sp³-hybridized carbons (Fsp3) is 1.00. The van der Waals surface area contributed by atoms with Gasteiger partial charge >= 0.3 is 8.80 Å². The molecule has 0 aromatic carbocycles. The van der Waals surface area contributed by atoms with Gasteiger partial charge in [0.05, 0.1) is 0 Å². The molecule has 0 N–H and O–H groups in total. The lowest BCUT2D eigenvalue weighted by Crippen LogP contribution is -2.50. The van der Waals surface area contributed by atoms with E-state index in [9.17, 15) is 0 Å². The van der Waals surface area contributed by atoms with Crippen LogP contribution in [0, 0.1) is 17.8 Å². The van der Waals surface area contributed by atoms with Crippen LogP contribution in [0.4, 0.5) is 0 Å². The first-order valence-corrected chi connectivity index (χ1v) is 12.4. The number of hydrogen-bond acceptors (Lipinski definition) is 3. The topological polar surface area (TPSA) is 27.7 Å². The van der Waals surface area contributed by atoms with Crippen LogP contribution < -0.4 is 0 Å². The van der Waals surface area contributed by atoms with Gasteiger partial charge in [-0.2, -0.15) is 0 Å². The molecular weight excluding hydrogens is 328 g/mol. The molecule has 0 aliphatic heterocycles. The second-order valence-corrected chi connectivity index (χ2v) is 11.0. The number of hydrogen-bond donors (Lipinski definition) is 0. The van der Waals surface area contributed by atoms with Gasteiger partial charge in [0.2, 0.25) is 0 Å². The summed E-state index contributed by atoms with van der Waals surface area (Å²) in [5.41, 5.74) is 0.333. The Balaban J connectivity index is 5.28. The van der Waals surface area contributed by atoms with Crippen molar-refractivity contribution in [3.8, 4) is 0 Å².